The zero-order chi connectivity index (χ0) is 32.6. The molecule has 0 aromatic heterocycles. The molecule has 256 valence electrons. The highest BCUT2D eigenvalue weighted by atomic mass is 31.2. The van der Waals surface area contributed by atoms with Gasteiger partial charge in [0, 0.05) is 6.42 Å². The summed E-state index contributed by atoms with van der Waals surface area (Å²) in [7, 11) is 1.08. The van der Waals surface area contributed by atoms with Crippen LogP contribution in [0, 0.1) is 0 Å². The zero-order valence-electron chi connectivity index (χ0n) is 28.7. The summed E-state index contributed by atoms with van der Waals surface area (Å²) in [6.45, 7) is 5.63. The Morgan fingerprint density at radius 2 is 1.21 bits per heavy atom. The monoisotopic (exact) mass is 633 g/mol. The molecule has 43 heavy (non-hydrogen) atoms. The normalized spacial score (nSPS) is 15.7. The number of quaternary nitrogens is 1. The van der Waals surface area contributed by atoms with Gasteiger partial charge in [-0.05, 0) is 36.8 Å². The molecule has 0 bridgehead atoms. The predicted octanol–water partition coefficient (Wildman–Crippen LogP) is 7.64. The first kappa shape index (κ1) is 42.4. The van der Waals surface area contributed by atoms with E-state index in [-0.39, 0.29) is 5.78 Å². The summed E-state index contributed by atoms with van der Waals surface area (Å²) < 4.78 is 23.9. The van der Waals surface area contributed by atoms with Crippen LogP contribution in [0.3, 0.4) is 0 Å². The van der Waals surface area contributed by atoms with Crippen molar-refractivity contribution in [3.8, 4) is 0 Å². The van der Waals surface area contributed by atoms with Crippen molar-refractivity contribution in [3.63, 3.8) is 0 Å². The van der Waals surface area contributed by atoms with E-state index in [9.17, 15) is 19.4 Å². The number of phosphoric ester groups is 1. The van der Waals surface area contributed by atoms with Crippen molar-refractivity contribution in [2.24, 2.45) is 0 Å². The van der Waals surface area contributed by atoms with Gasteiger partial charge in [0.25, 0.3) is 7.82 Å². The molecule has 0 heterocycles. The number of unbranched alkanes of at least 4 members (excludes halogenated alkanes) is 14. The first-order chi connectivity index (χ1) is 20.4. The maximum Gasteiger partial charge on any atom is 0.268 e. The molecule has 0 fully saturated rings. The minimum atomic E-state index is -4.82. The third kappa shape index (κ3) is 23.4. The molecule has 2 unspecified atom stereocenters. The van der Waals surface area contributed by atoms with E-state index in [0.29, 0.717) is 30.3 Å². The largest absolute Gasteiger partial charge is 0.756 e. The van der Waals surface area contributed by atoms with Gasteiger partial charge in [-0.25, -0.2) is 0 Å². The van der Waals surface area contributed by atoms with Gasteiger partial charge >= 0.3 is 0 Å². The third-order valence-corrected chi connectivity index (χ3v) is 8.75. The third-order valence-electron chi connectivity index (χ3n) is 7.78. The number of aliphatic hydroxyl groups excluding tert-OH is 2. The Morgan fingerprint density at radius 3 is 1.65 bits per heavy atom. The average molecular weight is 634 g/mol. The first-order valence-electron chi connectivity index (χ1n) is 17.4. The van der Waals surface area contributed by atoms with Gasteiger partial charge in [0.15, 0.2) is 5.78 Å². The molecule has 0 aromatic rings. The zero-order valence-corrected chi connectivity index (χ0v) is 29.6. The summed E-state index contributed by atoms with van der Waals surface area (Å²) >= 11 is 0. The van der Waals surface area contributed by atoms with Gasteiger partial charge < -0.3 is 28.6 Å². The lowest BCUT2D eigenvalue weighted by Gasteiger charge is -2.35. The molecule has 0 rings (SSSR count). The quantitative estimate of drug-likeness (QED) is 0.0361. The van der Waals surface area contributed by atoms with E-state index in [2.05, 4.69) is 13.8 Å². The number of nitrogens with zero attached hydrogens (tertiary/aromatic N) is 1. The van der Waals surface area contributed by atoms with E-state index in [1.165, 1.54) is 64.2 Å². The van der Waals surface area contributed by atoms with Crippen LogP contribution in [0.2, 0.25) is 0 Å². The van der Waals surface area contributed by atoms with Gasteiger partial charge in [0.1, 0.15) is 18.8 Å². The molecular formula is C34H68NO7P. The van der Waals surface area contributed by atoms with E-state index in [1.807, 2.05) is 28.1 Å². The molecule has 0 aromatic carbocycles. The van der Waals surface area contributed by atoms with Crippen molar-refractivity contribution >= 4 is 13.6 Å². The number of aliphatic hydroxyl groups is 2. The number of Topliss-reactive ketones (excluding diaryl/α,β-unsaturated/α-hetero) is 1. The molecule has 0 aliphatic carbocycles. The lowest BCUT2D eigenvalue weighted by atomic mass is 9.89. The van der Waals surface area contributed by atoms with E-state index >= 15 is 0 Å². The highest BCUT2D eigenvalue weighted by Crippen LogP contribution is 2.43. The van der Waals surface area contributed by atoms with Crippen molar-refractivity contribution in [1.29, 1.82) is 0 Å². The number of ketones is 1. The number of carbonyl (C=O) groups excluding carboxylic acids is 1. The van der Waals surface area contributed by atoms with Gasteiger partial charge in [-0.3, -0.25) is 9.36 Å². The number of hydrogen-bond acceptors (Lipinski definition) is 7. The lowest BCUT2D eigenvalue weighted by molar-refractivity contribution is -0.872. The van der Waals surface area contributed by atoms with E-state index < -0.39 is 33.2 Å². The summed E-state index contributed by atoms with van der Waals surface area (Å²) in [5.74, 6) is 0.116. The topological polar surface area (TPSA) is 116 Å². The highest BCUT2D eigenvalue weighted by molar-refractivity contribution is 7.45. The number of rotatable bonds is 30. The van der Waals surface area contributed by atoms with Crippen molar-refractivity contribution in [1.82, 2.24) is 0 Å². The van der Waals surface area contributed by atoms with Crippen LogP contribution in [0.5, 0.6) is 0 Å². The molecule has 9 heteroatoms. The molecule has 0 aliphatic rings. The fourth-order valence-electron chi connectivity index (χ4n) is 5.38. The lowest BCUT2D eigenvalue weighted by Crippen LogP contribution is -2.44. The number of likely N-dealkylation sites (N-methyl/N-ethyl adjacent to an activating group) is 1. The molecule has 0 saturated heterocycles. The van der Waals surface area contributed by atoms with Crippen LogP contribution in [0.4, 0.5) is 0 Å². The van der Waals surface area contributed by atoms with Crippen LogP contribution in [-0.4, -0.2) is 73.6 Å². The number of allylic oxidation sites excluding steroid dienone is 1. The molecule has 0 amide bonds. The molecule has 0 spiro atoms. The summed E-state index contributed by atoms with van der Waals surface area (Å²) in [5.41, 5.74) is 1.51. The fraction of sp³-hybridized carbons (Fsp3) is 0.912. The Labute approximate surface area is 264 Å². The summed E-state index contributed by atoms with van der Waals surface area (Å²) in [6.07, 6.45) is 18.8. The summed E-state index contributed by atoms with van der Waals surface area (Å²) in [4.78, 5) is 26.7. The van der Waals surface area contributed by atoms with Gasteiger partial charge in [0.05, 0.1) is 34.4 Å². The van der Waals surface area contributed by atoms with Crippen LogP contribution in [0.25, 0.3) is 0 Å². The minimum absolute atomic E-state index is 0.116. The number of hydrogen-bond donors (Lipinski definition) is 2. The van der Waals surface area contributed by atoms with E-state index in [0.717, 1.165) is 56.1 Å². The summed E-state index contributed by atoms with van der Waals surface area (Å²) in [6, 6.07) is 0. The Bertz CT molecular complexity index is 781. The maximum atomic E-state index is 13.8. The van der Waals surface area contributed by atoms with Crippen LogP contribution in [-0.2, 0) is 18.4 Å². The van der Waals surface area contributed by atoms with Crippen LogP contribution in [0.15, 0.2) is 11.1 Å². The van der Waals surface area contributed by atoms with Gasteiger partial charge in [-0.1, -0.05) is 117 Å². The van der Waals surface area contributed by atoms with Crippen molar-refractivity contribution in [2.75, 3.05) is 40.9 Å². The smallest absolute Gasteiger partial charge is 0.268 e. The highest BCUT2D eigenvalue weighted by Gasteiger charge is 2.31. The Kier molecular flexibility index (Phi) is 25.2. The molecule has 8 nitrogen and oxygen atoms in total. The molecular weight excluding hydrogens is 565 g/mol. The summed E-state index contributed by atoms with van der Waals surface area (Å²) in [5, 5.41) is 18.7. The number of carbonyl (C=O) groups is 1. The fourth-order valence-corrected chi connectivity index (χ4v) is 6.30. The second-order valence-corrected chi connectivity index (χ2v) is 14.6. The molecule has 0 aliphatic heterocycles. The van der Waals surface area contributed by atoms with Gasteiger partial charge in [-0.15, -0.1) is 0 Å². The van der Waals surface area contributed by atoms with Crippen LogP contribution < -0.4 is 4.89 Å². The molecule has 3 atom stereocenters. The molecule has 0 saturated carbocycles. The Balaban J connectivity index is 5.88. The SMILES string of the molecule is CCCCCCCCCCC(=O)C(CCCCCCCCCC)=C(CCC)C(C[N+](C)(C)C)OP(=O)([O-])OC[C@H](O)CO. The van der Waals surface area contributed by atoms with Crippen LogP contribution >= 0.6 is 7.82 Å². The van der Waals surface area contributed by atoms with E-state index in [1.54, 1.807) is 0 Å². The van der Waals surface area contributed by atoms with E-state index in [4.69, 9.17) is 14.2 Å². The maximum absolute atomic E-state index is 13.8. The predicted molar refractivity (Wildman–Crippen MR) is 176 cm³/mol. The molecule has 0 radical (unpaired) electrons. The van der Waals surface area contributed by atoms with Gasteiger partial charge in [-0.2, -0.15) is 0 Å². The minimum Gasteiger partial charge on any atom is -0.756 e. The Morgan fingerprint density at radius 1 is 0.744 bits per heavy atom. The second-order valence-electron chi connectivity index (χ2n) is 13.3. The van der Waals surface area contributed by atoms with Gasteiger partial charge in [0.2, 0.25) is 0 Å². The van der Waals surface area contributed by atoms with Crippen molar-refractivity contribution in [3.05, 3.63) is 11.1 Å². The van der Waals surface area contributed by atoms with Crippen molar-refractivity contribution in [2.45, 2.75) is 161 Å². The molecule has 2 N–H and O–H groups in total. The Hall–Kier alpha value is -0.600. The average Bonchev–Trinajstić information content (AvgIpc) is 2.94. The second kappa shape index (κ2) is 25.6. The van der Waals surface area contributed by atoms with Crippen molar-refractivity contribution < 1.29 is 38.0 Å². The van der Waals surface area contributed by atoms with Crippen LogP contribution in [0.1, 0.15) is 149 Å². The standard InChI is InChI=1S/C34H68NO7P/c1-7-10-12-14-16-18-20-22-25-31(33(38)26-23-21-19-17-15-13-11-8-2)32(24-9-3)34(27-35(4,5)6)42-43(39,40)41-29-30(37)28-36/h30,34,36-37H,7-29H2,1-6H3/t30-,34?/m1/s1. The first-order valence-corrected chi connectivity index (χ1v) is 18.8. The number of phosphoric acid groups is 1.